The van der Waals surface area contributed by atoms with Gasteiger partial charge in [-0.25, -0.2) is 9.37 Å². The number of rotatable bonds is 7. The van der Waals surface area contributed by atoms with Crippen molar-refractivity contribution in [1.82, 2.24) is 20.3 Å². The van der Waals surface area contributed by atoms with Crippen LogP contribution in [-0.2, 0) is 17.5 Å². The average Bonchev–Trinajstić information content (AvgIpc) is 2.79. The van der Waals surface area contributed by atoms with E-state index in [0.29, 0.717) is 5.69 Å². The topological polar surface area (TPSA) is 77.0 Å². The first kappa shape index (κ1) is 26.6. The molecule has 0 fully saturated rings. The van der Waals surface area contributed by atoms with Crippen LogP contribution in [0.2, 0.25) is 10.2 Å². The fourth-order valence-corrected chi connectivity index (χ4v) is 3.60. The maximum atomic E-state index is 15.2. The Morgan fingerprint density at radius 2 is 1.80 bits per heavy atom. The van der Waals surface area contributed by atoms with Crippen LogP contribution >= 0.6 is 23.2 Å². The van der Waals surface area contributed by atoms with Gasteiger partial charge in [-0.3, -0.25) is 14.8 Å². The molecule has 0 aliphatic carbocycles. The van der Waals surface area contributed by atoms with Gasteiger partial charge in [-0.2, -0.15) is 13.2 Å². The molecular formula is C23H20Cl2F4N4O2. The largest absolute Gasteiger partial charge is 0.490 e. The molecule has 1 amide bonds. The quantitative estimate of drug-likeness (QED) is 0.367. The van der Waals surface area contributed by atoms with Crippen LogP contribution in [0.15, 0.2) is 36.8 Å². The Kier molecular flexibility index (Phi) is 8.17. The summed E-state index contributed by atoms with van der Waals surface area (Å²) in [4.78, 5) is 24.3. The third-order valence-electron chi connectivity index (χ3n) is 4.91. The predicted octanol–water partition coefficient (Wildman–Crippen LogP) is 6.21. The average molecular weight is 531 g/mol. The van der Waals surface area contributed by atoms with Crippen molar-refractivity contribution in [3.8, 4) is 16.9 Å². The van der Waals surface area contributed by atoms with Crippen molar-refractivity contribution in [2.45, 2.75) is 45.5 Å². The molecule has 1 unspecified atom stereocenters. The molecule has 1 atom stereocenters. The summed E-state index contributed by atoms with van der Waals surface area (Å²) in [5.41, 5.74) is -0.733. The second-order valence-corrected chi connectivity index (χ2v) is 8.56. The van der Waals surface area contributed by atoms with Gasteiger partial charge >= 0.3 is 6.18 Å². The van der Waals surface area contributed by atoms with Gasteiger partial charge in [0.15, 0.2) is 11.0 Å². The summed E-state index contributed by atoms with van der Waals surface area (Å²) in [5.74, 6) is -2.30. The van der Waals surface area contributed by atoms with Crippen molar-refractivity contribution in [1.29, 1.82) is 0 Å². The fourth-order valence-electron chi connectivity index (χ4n) is 3.21. The lowest BCUT2D eigenvalue weighted by molar-refractivity contribution is -0.141. The number of carbonyl (C=O) groups excluding carboxylic acids is 1. The molecular weight excluding hydrogens is 511 g/mol. The lowest BCUT2D eigenvalue weighted by Gasteiger charge is -2.23. The molecule has 0 aliphatic heterocycles. The number of hydrogen-bond acceptors (Lipinski definition) is 5. The minimum Gasteiger partial charge on any atom is -0.490 e. The van der Waals surface area contributed by atoms with E-state index >= 15 is 4.39 Å². The highest BCUT2D eigenvalue weighted by atomic mass is 35.5. The van der Waals surface area contributed by atoms with Crippen LogP contribution in [0.4, 0.5) is 17.6 Å². The van der Waals surface area contributed by atoms with Gasteiger partial charge in [0.25, 0.3) is 0 Å². The SMILES string of the molecule is CC(C)Oc1c(C(C)C(=O)NCc2nccnc2Cl)cc(Cl)c(F)c1-c1ccc(C(F)(F)F)nc1. The molecule has 1 N–H and O–H groups in total. The number of pyridine rings is 1. The Balaban J connectivity index is 2.03. The van der Waals surface area contributed by atoms with Gasteiger partial charge in [-0.15, -0.1) is 0 Å². The third kappa shape index (κ3) is 6.18. The Morgan fingerprint density at radius 1 is 1.11 bits per heavy atom. The first-order valence-corrected chi connectivity index (χ1v) is 11.1. The van der Waals surface area contributed by atoms with E-state index in [-0.39, 0.29) is 39.2 Å². The summed E-state index contributed by atoms with van der Waals surface area (Å²) >= 11 is 12.1. The minimum atomic E-state index is -4.66. The number of carbonyl (C=O) groups is 1. The number of benzene rings is 1. The summed E-state index contributed by atoms with van der Waals surface area (Å²) in [6, 6.07) is 3.06. The number of alkyl halides is 3. The number of halogens is 6. The molecule has 12 heteroatoms. The van der Waals surface area contributed by atoms with Gasteiger partial charge in [0, 0.05) is 29.7 Å². The summed E-state index contributed by atoms with van der Waals surface area (Å²) < 4.78 is 59.9. The van der Waals surface area contributed by atoms with Crippen molar-refractivity contribution in [2.75, 3.05) is 0 Å². The molecule has 186 valence electrons. The van der Waals surface area contributed by atoms with Gasteiger partial charge < -0.3 is 10.1 Å². The number of ether oxygens (including phenoxy) is 1. The molecule has 0 bridgehead atoms. The zero-order valence-electron chi connectivity index (χ0n) is 18.8. The first-order valence-electron chi connectivity index (χ1n) is 10.3. The molecule has 3 aromatic rings. The van der Waals surface area contributed by atoms with Crippen molar-refractivity contribution in [3.63, 3.8) is 0 Å². The van der Waals surface area contributed by atoms with Gasteiger partial charge in [-0.05, 0) is 32.9 Å². The van der Waals surface area contributed by atoms with E-state index in [9.17, 15) is 18.0 Å². The Hall–Kier alpha value is -2.98. The lowest BCUT2D eigenvalue weighted by atomic mass is 9.93. The van der Waals surface area contributed by atoms with E-state index < -0.39 is 35.6 Å². The van der Waals surface area contributed by atoms with Gasteiger partial charge in [0.2, 0.25) is 5.91 Å². The number of nitrogens with one attached hydrogen (secondary N) is 1. The van der Waals surface area contributed by atoms with Crippen LogP contribution < -0.4 is 10.1 Å². The van der Waals surface area contributed by atoms with E-state index in [1.54, 1.807) is 20.8 Å². The molecule has 1 aromatic carbocycles. The van der Waals surface area contributed by atoms with E-state index in [0.717, 1.165) is 18.3 Å². The normalized spacial score (nSPS) is 12.5. The van der Waals surface area contributed by atoms with Crippen molar-refractivity contribution in [3.05, 3.63) is 69.7 Å². The Labute approximate surface area is 208 Å². The molecule has 3 rings (SSSR count). The van der Waals surface area contributed by atoms with E-state index in [1.165, 1.54) is 18.5 Å². The first-order chi connectivity index (χ1) is 16.4. The van der Waals surface area contributed by atoms with Crippen molar-refractivity contribution >= 4 is 29.1 Å². The summed E-state index contributed by atoms with van der Waals surface area (Å²) in [7, 11) is 0. The maximum Gasteiger partial charge on any atom is 0.433 e. The molecule has 0 aliphatic rings. The van der Waals surface area contributed by atoms with E-state index in [4.69, 9.17) is 27.9 Å². The van der Waals surface area contributed by atoms with Crippen molar-refractivity contribution in [2.24, 2.45) is 0 Å². The highest BCUT2D eigenvalue weighted by molar-refractivity contribution is 6.31. The zero-order valence-corrected chi connectivity index (χ0v) is 20.3. The molecule has 6 nitrogen and oxygen atoms in total. The second-order valence-electron chi connectivity index (χ2n) is 7.80. The highest BCUT2D eigenvalue weighted by Crippen LogP contribution is 2.43. The minimum absolute atomic E-state index is 0.00819. The van der Waals surface area contributed by atoms with Gasteiger partial charge in [0.1, 0.15) is 11.4 Å². The monoisotopic (exact) mass is 530 g/mol. The number of nitrogens with zero attached hydrogens (tertiary/aromatic N) is 3. The fraction of sp³-hybridized carbons (Fsp3) is 0.304. The van der Waals surface area contributed by atoms with Crippen LogP contribution in [-0.4, -0.2) is 27.0 Å². The van der Waals surface area contributed by atoms with Crippen LogP contribution in [0.25, 0.3) is 11.1 Å². The van der Waals surface area contributed by atoms with E-state index in [1.807, 2.05) is 0 Å². The number of hydrogen-bond donors (Lipinski definition) is 1. The zero-order chi connectivity index (χ0) is 25.9. The maximum absolute atomic E-state index is 15.2. The molecule has 35 heavy (non-hydrogen) atoms. The predicted molar refractivity (Wildman–Crippen MR) is 123 cm³/mol. The van der Waals surface area contributed by atoms with Gasteiger partial charge in [-0.1, -0.05) is 29.3 Å². The van der Waals surface area contributed by atoms with Crippen LogP contribution in [0.1, 0.15) is 43.6 Å². The molecule has 0 saturated carbocycles. The van der Waals surface area contributed by atoms with Crippen molar-refractivity contribution < 1.29 is 27.1 Å². The van der Waals surface area contributed by atoms with Crippen LogP contribution in [0, 0.1) is 5.82 Å². The summed E-state index contributed by atoms with van der Waals surface area (Å²) in [5, 5.41) is 2.48. The Bertz CT molecular complexity index is 1220. The smallest absolute Gasteiger partial charge is 0.433 e. The Morgan fingerprint density at radius 3 is 2.37 bits per heavy atom. The molecule has 2 aromatic heterocycles. The summed E-state index contributed by atoms with van der Waals surface area (Å²) in [6.45, 7) is 4.91. The summed E-state index contributed by atoms with van der Waals surface area (Å²) in [6.07, 6.45) is -1.40. The molecule has 2 heterocycles. The highest BCUT2D eigenvalue weighted by Gasteiger charge is 2.33. The molecule has 0 spiro atoms. The van der Waals surface area contributed by atoms with Crippen LogP contribution in [0.3, 0.4) is 0 Å². The van der Waals surface area contributed by atoms with Gasteiger partial charge in [0.05, 0.1) is 34.8 Å². The molecule has 0 saturated heterocycles. The standard InChI is InChI=1S/C23H20Cl2F4N4O2/c1-11(2)35-20-14(12(3)22(34)33-10-16-21(25)31-7-6-30-16)8-15(24)19(26)18(20)13-4-5-17(32-9-13)23(27,28)29/h4-9,11-12H,10H2,1-3H3,(H,33,34). The molecule has 0 radical (unpaired) electrons. The van der Waals surface area contributed by atoms with Crippen LogP contribution in [0.5, 0.6) is 5.75 Å². The van der Waals surface area contributed by atoms with E-state index in [2.05, 4.69) is 20.3 Å². The third-order valence-corrected chi connectivity index (χ3v) is 5.50. The second kappa shape index (κ2) is 10.7. The lowest BCUT2D eigenvalue weighted by Crippen LogP contribution is -2.28. The number of aromatic nitrogens is 3. The number of amides is 1.